The fourth-order valence-electron chi connectivity index (χ4n) is 3.92. The van der Waals surface area contributed by atoms with E-state index in [2.05, 4.69) is 16.2 Å². The van der Waals surface area contributed by atoms with Crippen molar-refractivity contribution < 1.29 is 14.7 Å². The number of nitriles is 1. The molecule has 0 bridgehead atoms. The summed E-state index contributed by atoms with van der Waals surface area (Å²) in [5.74, 6) is -1.18. The average molecular weight is 415 g/mol. The third-order valence-electron chi connectivity index (χ3n) is 5.38. The summed E-state index contributed by atoms with van der Waals surface area (Å²) in [6.45, 7) is -0.386. The van der Waals surface area contributed by atoms with Gasteiger partial charge in [-0.2, -0.15) is 5.26 Å². The highest BCUT2D eigenvalue weighted by molar-refractivity contribution is 5.93. The number of carbonyl (C=O) groups excluding carboxylic acids is 1. The molecule has 1 fully saturated rings. The van der Waals surface area contributed by atoms with Crippen LogP contribution in [0.2, 0.25) is 0 Å². The fraction of sp³-hybridized carbons (Fsp3) is 0.261. The largest absolute Gasteiger partial charge is 0.480 e. The molecule has 1 amide bonds. The quantitative estimate of drug-likeness (QED) is 0.661. The Labute approximate surface area is 179 Å². The van der Waals surface area contributed by atoms with Gasteiger partial charge in [-0.3, -0.25) is 9.59 Å². The zero-order chi connectivity index (χ0) is 21.8. The van der Waals surface area contributed by atoms with Gasteiger partial charge in [-0.25, -0.2) is 9.67 Å². The number of carboxylic acid groups (broad SMARTS) is 1. The number of carbonyl (C=O) groups is 2. The van der Waals surface area contributed by atoms with Gasteiger partial charge in [0.15, 0.2) is 5.82 Å². The molecule has 1 aliphatic carbocycles. The first-order valence-corrected chi connectivity index (χ1v) is 10.1. The van der Waals surface area contributed by atoms with E-state index in [1.165, 1.54) is 9.58 Å². The number of nitrogens with zero attached hydrogens (tertiary/aromatic N) is 5. The van der Waals surface area contributed by atoms with Crippen molar-refractivity contribution in [3.05, 3.63) is 66.0 Å². The first-order valence-electron chi connectivity index (χ1n) is 10.1. The molecule has 0 atom stereocenters. The Morgan fingerprint density at radius 2 is 1.87 bits per heavy atom. The molecule has 0 saturated heterocycles. The van der Waals surface area contributed by atoms with Crippen molar-refractivity contribution in [1.29, 1.82) is 5.26 Å². The number of hydrogen-bond acceptors (Lipinski definition) is 5. The van der Waals surface area contributed by atoms with Crippen molar-refractivity contribution in [2.24, 2.45) is 0 Å². The van der Waals surface area contributed by atoms with Gasteiger partial charge in [0.05, 0.1) is 17.3 Å². The maximum absolute atomic E-state index is 13.3. The molecule has 0 unspecified atom stereocenters. The first kappa shape index (κ1) is 20.3. The molecule has 4 rings (SSSR count). The van der Waals surface area contributed by atoms with E-state index in [9.17, 15) is 20.0 Å². The number of benzene rings is 2. The Hall–Kier alpha value is -3.99. The SMILES string of the molecule is N#Cc1cccc(-n2nc(C(=O)N(CC(=O)O)C3CCCC3)nc2-c2ccccc2)c1. The minimum atomic E-state index is -1.07. The van der Waals surface area contributed by atoms with Gasteiger partial charge >= 0.3 is 5.97 Å². The normalized spacial score (nSPS) is 13.6. The fourth-order valence-corrected chi connectivity index (χ4v) is 3.92. The van der Waals surface area contributed by atoms with E-state index >= 15 is 0 Å². The number of hydrogen-bond donors (Lipinski definition) is 1. The molecule has 0 aliphatic heterocycles. The van der Waals surface area contributed by atoms with Gasteiger partial charge in [-0.05, 0) is 31.0 Å². The van der Waals surface area contributed by atoms with Crippen molar-refractivity contribution in [2.75, 3.05) is 6.54 Å². The number of aliphatic carboxylic acids is 1. The second-order valence-corrected chi connectivity index (χ2v) is 7.46. The van der Waals surface area contributed by atoms with Crippen molar-refractivity contribution in [2.45, 2.75) is 31.7 Å². The molecule has 1 aliphatic rings. The van der Waals surface area contributed by atoms with E-state index in [0.717, 1.165) is 31.2 Å². The first-order chi connectivity index (χ1) is 15.1. The minimum absolute atomic E-state index is 0.0608. The van der Waals surface area contributed by atoms with Crippen LogP contribution in [0.4, 0.5) is 0 Å². The van der Waals surface area contributed by atoms with E-state index in [1.54, 1.807) is 24.3 Å². The number of amides is 1. The standard InChI is InChI=1S/C23H21N5O3/c24-14-16-7-6-12-19(13-16)28-22(17-8-2-1-3-9-17)25-21(26-28)23(31)27(15-20(29)30)18-10-4-5-11-18/h1-3,6-9,12-13,18H,4-5,10-11,15H2,(H,29,30). The maximum atomic E-state index is 13.3. The zero-order valence-electron chi connectivity index (χ0n) is 16.8. The van der Waals surface area contributed by atoms with Gasteiger partial charge in [-0.15, -0.1) is 5.10 Å². The van der Waals surface area contributed by atoms with Crippen LogP contribution in [0.5, 0.6) is 0 Å². The van der Waals surface area contributed by atoms with Gasteiger partial charge < -0.3 is 10.0 Å². The molecule has 3 aromatic rings. The summed E-state index contributed by atoms with van der Waals surface area (Å²) >= 11 is 0. The summed E-state index contributed by atoms with van der Waals surface area (Å²) in [7, 11) is 0. The van der Waals surface area contributed by atoms with Crippen molar-refractivity contribution in [3.63, 3.8) is 0 Å². The van der Waals surface area contributed by atoms with Gasteiger partial charge in [0, 0.05) is 11.6 Å². The average Bonchev–Trinajstić information content (AvgIpc) is 3.48. The molecule has 156 valence electrons. The van der Waals surface area contributed by atoms with Crippen molar-refractivity contribution >= 4 is 11.9 Å². The Kier molecular flexibility index (Phi) is 5.76. The number of aromatic nitrogens is 3. The Morgan fingerprint density at radius 1 is 1.13 bits per heavy atom. The van der Waals surface area contributed by atoms with Gasteiger partial charge in [0.25, 0.3) is 5.91 Å². The summed E-state index contributed by atoms with van der Waals surface area (Å²) in [4.78, 5) is 30.6. The zero-order valence-corrected chi connectivity index (χ0v) is 16.8. The summed E-state index contributed by atoms with van der Waals surface area (Å²) < 4.78 is 1.52. The highest BCUT2D eigenvalue weighted by Crippen LogP contribution is 2.26. The molecule has 0 radical (unpaired) electrons. The molecular formula is C23H21N5O3. The molecule has 1 aromatic heterocycles. The Morgan fingerprint density at radius 3 is 2.55 bits per heavy atom. The van der Waals surface area contributed by atoms with E-state index in [0.29, 0.717) is 17.1 Å². The maximum Gasteiger partial charge on any atom is 0.323 e. The lowest BCUT2D eigenvalue weighted by atomic mass is 10.2. The van der Waals surface area contributed by atoms with E-state index in [4.69, 9.17) is 0 Å². The molecule has 2 aromatic carbocycles. The van der Waals surface area contributed by atoms with Crippen LogP contribution < -0.4 is 0 Å². The third kappa shape index (κ3) is 4.31. The molecule has 1 saturated carbocycles. The van der Waals surface area contributed by atoms with E-state index < -0.39 is 11.9 Å². The van der Waals surface area contributed by atoms with Gasteiger partial charge in [0.1, 0.15) is 6.54 Å². The van der Waals surface area contributed by atoms with Crippen LogP contribution in [-0.2, 0) is 4.79 Å². The van der Waals surface area contributed by atoms with Crippen LogP contribution in [0.1, 0.15) is 41.9 Å². The number of rotatable bonds is 6. The van der Waals surface area contributed by atoms with Gasteiger partial charge in [0.2, 0.25) is 5.82 Å². The van der Waals surface area contributed by atoms with Crippen LogP contribution in [0.15, 0.2) is 54.6 Å². The van der Waals surface area contributed by atoms with Crippen LogP contribution in [0, 0.1) is 11.3 Å². The molecule has 8 heteroatoms. The van der Waals surface area contributed by atoms with Crippen molar-refractivity contribution in [3.8, 4) is 23.1 Å². The summed E-state index contributed by atoms with van der Waals surface area (Å²) in [5, 5.41) is 23.0. The molecule has 8 nitrogen and oxygen atoms in total. The van der Waals surface area contributed by atoms with Gasteiger partial charge in [-0.1, -0.05) is 49.2 Å². The molecular weight excluding hydrogens is 394 g/mol. The van der Waals surface area contributed by atoms with Crippen LogP contribution in [-0.4, -0.2) is 49.2 Å². The lowest BCUT2D eigenvalue weighted by Crippen LogP contribution is -2.42. The lowest BCUT2D eigenvalue weighted by molar-refractivity contribution is -0.138. The predicted octanol–water partition coefficient (Wildman–Crippen LogP) is 3.28. The van der Waals surface area contributed by atoms with Crippen molar-refractivity contribution in [1.82, 2.24) is 19.7 Å². The number of carboxylic acids is 1. The smallest absolute Gasteiger partial charge is 0.323 e. The van der Waals surface area contributed by atoms with Crippen LogP contribution in [0.3, 0.4) is 0 Å². The second-order valence-electron chi connectivity index (χ2n) is 7.46. The molecule has 1 N–H and O–H groups in total. The monoisotopic (exact) mass is 415 g/mol. The van der Waals surface area contributed by atoms with Crippen LogP contribution in [0.25, 0.3) is 17.1 Å². The highest BCUT2D eigenvalue weighted by atomic mass is 16.4. The second kappa shape index (κ2) is 8.79. The summed E-state index contributed by atoms with van der Waals surface area (Å²) in [6, 6.07) is 18.1. The van der Waals surface area contributed by atoms with E-state index in [-0.39, 0.29) is 18.4 Å². The molecule has 1 heterocycles. The summed E-state index contributed by atoms with van der Waals surface area (Å²) in [6.07, 6.45) is 3.48. The lowest BCUT2D eigenvalue weighted by Gasteiger charge is -2.26. The Balaban J connectivity index is 1.79. The van der Waals surface area contributed by atoms with E-state index in [1.807, 2.05) is 30.3 Å². The molecule has 0 spiro atoms. The van der Waals surface area contributed by atoms with Crippen LogP contribution >= 0.6 is 0 Å². The minimum Gasteiger partial charge on any atom is -0.480 e. The topological polar surface area (TPSA) is 112 Å². The highest BCUT2D eigenvalue weighted by Gasteiger charge is 2.32. The summed E-state index contributed by atoms with van der Waals surface area (Å²) in [5.41, 5.74) is 1.80. The Bertz CT molecular complexity index is 1140. The molecule has 31 heavy (non-hydrogen) atoms. The predicted molar refractivity (Wildman–Crippen MR) is 112 cm³/mol. The third-order valence-corrected chi connectivity index (χ3v) is 5.38.